The molecule has 1 unspecified atom stereocenters. The molecule has 1 N–H and O–H groups in total. The highest BCUT2D eigenvalue weighted by Gasteiger charge is 2.44. The van der Waals surface area contributed by atoms with Crippen LogP contribution in [0.2, 0.25) is 0 Å². The molecule has 1 aliphatic rings. The summed E-state index contributed by atoms with van der Waals surface area (Å²) < 4.78 is 12.2. The topological polar surface area (TPSA) is 68.4 Å². The lowest BCUT2D eigenvalue weighted by atomic mass is 9.73. The molecule has 7 heteroatoms. The zero-order chi connectivity index (χ0) is 23.2. The molecule has 1 fully saturated rings. The number of nitrogens with zero attached hydrogens (tertiary/aromatic N) is 3. The van der Waals surface area contributed by atoms with E-state index < -0.39 is 5.60 Å². The van der Waals surface area contributed by atoms with E-state index in [9.17, 15) is 5.11 Å². The quantitative estimate of drug-likeness (QED) is 0.321. The van der Waals surface area contributed by atoms with E-state index in [-0.39, 0.29) is 22.9 Å². The van der Waals surface area contributed by atoms with Crippen molar-refractivity contribution in [1.29, 1.82) is 0 Å². The Bertz CT molecular complexity index is 991. The van der Waals surface area contributed by atoms with Gasteiger partial charge in [0, 0.05) is 6.42 Å². The molecule has 0 bridgehead atoms. The molecule has 1 aliphatic carbocycles. The minimum atomic E-state index is -1.22. The lowest BCUT2D eigenvalue weighted by Gasteiger charge is -2.36. The molecule has 1 atom stereocenters. The van der Waals surface area contributed by atoms with Crippen molar-refractivity contribution in [1.82, 2.24) is 10.1 Å². The Hall–Kier alpha value is -2.22. The maximum atomic E-state index is 12.0. The largest absolute Gasteiger partial charge is 1.00 e. The van der Waals surface area contributed by atoms with Gasteiger partial charge in [0.05, 0.1) is 27.2 Å². The van der Waals surface area contributed by atoms with Crippen molar-refractivity contribution in [2.24, 2.45) is 5.92 Å². The second-order valence-corrected chi connectivity index (χ2v) is 9.81. The van der Waals surface area contributed by atoms with Gasteiger partial charge in [0.1, 0.15) is 5.75 Å². The average Bonchev–Trinajstić information content (AvgIpc) is 3.31. The summed E-state index contributed by atoms with van der Waals surface area (Å²) in [5.74, 6) is 1.94. The van der Waals surface area contributed by atoms with Crippen molar-refractivity contribution >= 4 is 0 Å². The average molecular weight is 531 g/mol. The number of aromatic nitrogens is 2. The number of ether oxygens (including phenoxy) is 1. The van der Waals surface area contributed by atoms with Crippen molar-refractivity contribution in [3.63, 3.8) is 0 Å². The fraction of sp³-hybridized carbons (Fsp3) is 0.481. The molecule has 6 nitrogen and oxygen atoms in total. The van der Waals surface area contributed by atoms with E-state index >= 15 is 0 Å². The van der Waals surface area contributed by atoms with Crippen LogP contribution in [0.4, 0.5) is 0 Å². The SMILES string of the molecule is C[N+](C)(CCCOc1ccccc1)Cc1nc(C(O)(c2ccccc2)C2CCCCC2)no1.[Br-]. The van der Waals surface area contributed by atoms with Gasteiger partial charge in [-0.3, -0.25) is 0 Å². The van der Waals surface area contributed by atoms with Gasteiger partial charge in [-0.2, -0.15) is 4.98 Å². The van der Waals surface area contributed by atoms with Crippen LogP contribution in [0.25, 0.3) is 0 Å². The molecule has 1 aromatic heterocycles. The highest BCUT2D eigenvalue weighted by atomic mass is 79.9. The van der Waals surface area contributed by atoms with Crippen LogP contribution < -0.4 is 21.7 Å². The molecule has 2 aromatic carbocycles. The summed E-state index contributed by atoms with van der Waals surface area (Å²) in [6.45, 7) is 2.18. The first kappa shape index (κ1) is 26.4. The first-order valence-corrected chi connectivity index (χ1v) is 12.1. The van der Waals surface area contributed by atoms with Crippen molar-refractivity contribution in [2.45, 2.75) is 50.7 Å². The van der Waals surface area contributed by atoms with Crippen LogP contribution >= 0.6 is 0 Å². The van der Waals surface area contributed by atoms with Crippen molar-refractivity contribution in [3.8, 4) is 5.75 Å². The van der Waals surface area contributed by atoms with E-state index in [0.717, 1.165) is 50.0 Å². The fourth-order valence-electron chi connectivity index (χ4n) is 4.88. The maximum Gasteiger partial charge on any atom is 0.281 e. The molecular weight excluding hydrogens is 494 g/mol. The van der Waals surface area contributed by atoms with E-state index in [1.54, 1.807) is 0 Å². The van der Waals surface area contributed by atoms with E-state index in [0.29, 0.717) is 29.3 Å². The standard InChI is InChI=1S/C27H36N3O3.BrH/c1-30(2,19-12-20-32-24-17-10-5-11-18-24)21-25-28-26(29-33-25)27(31,22-13-6-3-7-14-22)23-15-8-4-9-16-23;/h3,5-7,10-11,13-14,17-18,23,31H,4,8-9,12,15-16,19-21H2,1-2H3;1H/q+1;/p-1. The number of rotatable bonds is 10. The third-order valence-corrected chi connectivity index (χ3v) is 6.70. The number of para-hydroxylation sites is 1. The van der Waals surface area contributed by atoms with Gasteiger partial charge in [-0.05, 0) is 36.5 Å². The van der Waals surface area contributed by atoms with Gasteiger partial charge in [-0.1, -0.05) is 73.0 Å². The summed E-state index contributed by atoms with van der Waals surface area (Å²) in [6.07, 6.45) is 6.33. The minimum Gasteiger partial charge on any atom is -1.00 e. The second kappa shape index (κ2) is 12.0. The van der Waals surface area contributed by atoms with Gasteiger partial charge in [-0.25, -0.2) is 0 Å². The molecule has 34 heavy (non-hydrogen) atoms. The minimum absolute atomic E-state index is 0. The van der Waals surface area contributed by atoms with Crippen LogP contribution in [0.1, 0.15) is 55.8 Å². The number of quaternary nitrogens is 1. The number of benzene rings is 2. The summed E-state index contributed by atoms with van der Waals surface area (Å²) in [5.41, 5.74) is -0.375. The molecule has 0 amide bonds. The summed E-state index contributed by atoms with van der Waals surface area (Å²) in [6, 6.07) is 19.7. The van der Waals surface area contributed by atoms with Crippen molar-refractivity contribution in [2.75, 3.05) is 27.2 Å². The zero-order valence-corrected chi connectivity index (χ0v) is 21.8. The highest BCUT2D eigenvalue weighted by Crippen LogP contribution is 2.42. The molecule has 3 aromatic rings. The van der Waals surface area contributed by atoms with Crippen LogP contribution in [0.3, 0.4) is 0 Å². The smallest absolute Gasteiger partial charge is 0.281 e. The van der Waals surface area contributed by atoms with Crippen molar-refractivity contribution in [3.05, 3.63) is 77.9 Å². The lowest BCUT2D eigenvalue weighted by Crippen LogP contribution is -3.00. The molecule has 1 saturated carbocycles. The van der Waals surface area contributed by atoms with Crippen LogP contribution in [0.5, 0.6) is 5.75 Å². The van der Waals surface area contributed by atoms with Crippen molar-refractivity contribution < 1.29 is 35.8 Å². The lowest BCUT2D eigenvalue weighted by molar-refractivity contribution is -0.905. The second-order valence-electron chi connectivity index (χ2n) is 9.81. The van der Waals surface area contributed by atoms with Crippen LogP contribution in [0.15, 0.2) is 65.2 Å². The van der Waals surface area contributed by atoms with Crippen LogP contribution in [0, 0.1) is 5.92 Å². The van der Waals surface area contributed by atoms with E-state index in [1.807, 2.05) is 60.7 Å². The summed E-state index contributed by atoms with van der Waals surface area (Å²) in [5, 5.41) is 16.3. The monoisotopic (exact) mass is 529 g/mol. The Labute approximate surface area is 213 Å². The van der Waals surface area contributed by atoms with Gasteiger partial charge in [0.15, 0.2) is 12.1 Å². The Balaban J connectivity index is 0.00000324. The number of halogens is 1. The predicted molar refractivity (Wildman–Crippen MR) is 128 cm³/mol. The third-order valence-electron chi connectivity index (χ3n) is 6.70. The fourth-order valence-corrected chi connectivity index (χ4v) is 4.88. The number of hydrogen-bond acceptors (Lipinski definition) is 5. The van der Waals surface area contributed by atoms with Gasteiger partial charge in [0.2, 0.25) is 5.82 Å². The van der Waals surface area contributed by atoms with Crippen LogP contribution in [-0.2, 0) is 12.1 Å². The van der Waals surface area contributed by atoms with Crippen LogP contribution in [-0.4, -0.2) is 47.0 Å². The van der Waals surface area contributed by atoms with E-state index in [2.05, 4.69) is 19.3 Å². The zero-order valence-electron chi connectivity index (χ0n) is 20.2. The number of hydrogen-bond donors (Lipinski definition) is 1. The third kappa shape index (κ3) is 6.46. The molecule has 184 valence electrons. The summed E-state index contributed by atoms with van der Waals surface area (Å²) >= 11 is 0. The Morgan fingerprint density at radius 2 is 1.65 bits per heavy atom. The molecule has 1 heterocycles. The highest BCUT2D eigenvalue weighted by molar-refractivity contribution is 5.30. The number of aliphatic hydroxyl groups is 1. The summed E-state index contributed by atoms with van der Waals surface area (Å²) in [7, 11) is 4.30. The van der Waals surface area contributed by atoms with E-state index in [1.165, 1.54) is 6.42 Å². The maximum absolute atomic E-state index is 12.0. The molecule has 0 spiro atoms. The Morgan fingerprint density at radius 3 is 2.32 bits per heavy atom. The van der Waals surface area contributed by atoms with Gasteiger partial charge < -0.3 is 35.8 Å². The molecular formula is C27H36BrN3O3. The molecule has 0 saturated heterocycles. The van der Waals surface area contributed by atoms with Gasteiger partial charge in [-0.15, -0.1) is 0 Å². The Kier molecular flexibility index (Phi) is 9.28. The van der Waals surface area contributed by atoms with Gasteiger partial charge >= 0.3 is 0 Å². The Morgan fingerprint density at radius 1 is 1.00 bits per heavy atom. The molecule has 0 aliphatic heterocycles. The predicted octanol–water partition coefficient (Wildman–Crippen LogP) is 1.94. The molecule has 0 radical (unpaired) electrons. The van der Waals surface area contributed by atoms with E-state index in [4.69, 9.17) is 14.2 Å². The van der Waals surface area contributed by atoms with Gasteiger partial charge in [0.25, 0.3) is 5.89 Å². The normalized spacial score (nSPS) is 16.4. The summed E-state index contributed by atoms with van der Waals surface area (Å²) in [4.78, 5) is 4.72. The first-order chi connectivity index (χ1) is 16.0. The first-order valence-electron chi connectivity index (χ1n) is 12.1. The molecule has 4 rings (SSSR count).